The zero-order valence-electron chi connectivity index (χ0n) is 21.0. The number of rotatable bonds is 8. The number of carbonyl (C=O) groups is 1. The molecule has 6 rings (SSSR count). The van der Waals surface area contributed by atoms with Crippen LogP contribution in [0.15, 0.2) is 82.7 Å². The fourth-order valence-corrected chi connectivity index (χ4v) is 6.53. The maximum Gasteiger partial charge on any atom is 0.299 e. The summed E-state index contributed by atoms with van der Waals surface area (Å²) in [5.41, 5.74) is 2.13. The summed E-state index contributed by atoms with van der Waals surface area (Å²) in [6.07, 6.45) is 5.07. The van der Waals surface area contributed by atoms with Gasteiger partial charge in [-0.05, 0) is 58.9 Å². The lowest BCUT2D eigenvalue weighted by Crippen LogP contribution is -2.20. The normalized spacial score (nSPS) is 10.9. The van der Waals surface area contributed by atoms with Crippen LogP contribution < -0.4 is 10.9 Å². The predicted molar refractivity (Wildman–Crippen MR) is 162 cm³/mol. The Labute approximate surface area is 250 Å². The van der Waals surface area contributed by atoms with Crippen LogP contribution in [0.4, 0.5) is 5.82 Å². The molecule has 0 fully saturated rings. The minimum Gasteiger partial charge on any atom is -0.364 e. The van der Waals surface area contributed by atoms with Gasteiger partial charge in [0.2, 0.25) is 0 Å². The van der Waals surface area contributed by atoms with E-state index in [4.69, 9.17) is 11.6 Å². The molecular weight excluding hydrogens is 598 g/mol. The van der Waals surface area contributed by atoms with Gasteiger partial charge in [-0.15, -0.1) is 22.7 Å². The van der Waals surface area contributed by atoms with E-state index < -0.39 is 5.91 Å². The summed E-state index contributed by atoms with van der Waals surface area (Å²) in [7, 11) is 0. The SMILES string of the molecule is N#Cc1c(-c2cc(=O)n(Cc3cccs3)cc2-c2ccncc2)nn(C(=O)c2ccsn2)c1NCc1ccc(Cl)s1. The van der Waals surface area contributed by atoms with Gasteiger partial charge in [0.25, 0.3) is 11.5 Å². The molecule has 9 nitrogen and oxygen atoms in total. The molecule has 0 aliphatic carbocycles. The lowest BCUT2D eigenvalue weighted by Gasteiger charge is -2.12. The van der Waals surface area contributed by atoms with E-state index in [-0.39, 0.29) is 28.3 Å². The van der Waals surface area contributed by atoms with Crippen molar-refractivity contribution >= 4 is 57.5 Å². The van der Waals surface area contributed by atoms with Crippen LogP contribution in [0.2, 0.25) is 4.34 Å². The third-order valence-electron chi connectivity index (χ3n) is 6.18. The Morgan fingerprint density at radius 2 is 1.93 bits per heavy atom. The maximum absolute atomic E-state index is 13.5. The molecule has 0 saturated heterocycles. The van der Waals surface area contributed by atoms with E-state index in [1.54, 1.807) is 52.0 Å². The number of hydrogen-bond acceptors (Lipinski definition) is 10. The molecule has 1 N–H and O–H groups in total. The van der Waals surface area contributed by atoms with Gasteiger partial charge in [0.15, 0.2) is 5.82 Å². The molecule has 41 heavy (non-hydrogen) atoms. The molecule has 0 aliphatic rings. The quantitative estimate of drug-likeness (QED) is 0.216. The van der Waals surface area contributed by atoms with Crippen molar-refractivity contribution in [3.63, 3.8) is 0 Å². The minimum absolute atomic E-state index is 0.127. The first-order valence-electron chi connectivity index (χ1n) is 12.2. The standard InChI is InChI=1S/C28H18ClN7O2S3/c29-24-4-3-18(41-24)14-32-27-21(13-30)26(33-36(27)28(38)23-7-11-40-34-23)20-12-25(37)35(15-19-2-1-10-39-19)16-22(20)17-5-8-31-9-6-17/h1-12,16,32H,14-15H2. The van der Waals surface area contributed by atoms with Gasteiger partial charge in [0.05, 0.1) is 17.4 Å². The predicted octanol–water partition coefficient (Wildman–Crippen LogP) is 6.23. The number of anilines is 1. The zero-order valence-corrected chi connectivity index (χ0v) is 24.2. The van der Waals surface area contributed by atoms with E-state index >= 15 is 0 Å². The first-order chi connectivity index (χ1) is 20.0. The molecule has 0 saturated carbocycles. The number of pyridine rings is 2. The molecule has 0 bridgehead atoms. The molecule has 13 heteroatoms. The third-order valence-corrected chi connectivity index (χ3v) is 8.84. The third kappa shape index (κ3) is 5.48. The molecule has 0 aromatic carbocycles. The number of nitrogens with one attached hydrogen (secondary N) is 1. The summed E-state index contributed by atoms with van der Waals surface area (Å²) in [5.74, 6) is -0.300. The molecule has 0 atom stereocenters. The number of thiophene rings is 2. The number of nitrogens with zero attached hydrogens (tertiary/aromatic N) is 6. The zero-order chi connectivity index (χ0) is 28.3. The molecule has 6 aromatic heterocycles. The van der Waals surface area contributed by atoms with E-state index in [0.29, 0.717) is 28.6 Å². The molecule has 6 aromatic rings. The van der Waals surface area contributed by atoms with Crippen molar-refractivity contribution in [3.05, 3.63) is 114 Å². The largest absolute Gasteiger partial charge is 0.364 e. The van der Waals surface area contributed by atoms with Crippen LogP contribution in [0, 0.1) is 11.3 Å². The fraction of sp³-hybridized carbons (Fsp3) is 0.0714. The Morgan fingerprint density at radius 1 is 1.07 bits per heavy atom. The van der Waals surface area contributed by atoms with Crippen LogP contribution in [0.1, 0.15) is 25.8 Å². The number of hydrogen-bond donors (Lipinski definition) is 1. The molecule has 0 radical (unpaired) electrons. The second kappa shape index (κ2) is 11.6. The van der Waals surface area contributed by atoms with Crippen molar-refractivity contribution in [2.45, 2.75) is 13.1 Å². The minimum atomic E-state index is -0.503. The summed E-state index contributed by atoms with van der Waals surface area (Å²) >= 11 is 10.2. The number of halogens is 1. The Bertz CT molecular complexity index is 1940. The van der Waals surface area contributed by atoms with Crippen LogP contribution in [0.5, 0.6) is 0 Å². The summed E-state index contributed by atoms with van der Waals surface area (Å²) in [6.45, 7) is 0.702. The number of nitriles is 1. The van der Waals surface area contributed by atoms with Crippen LogP contribution >= 0.6 is 45.8 Å². The van der Waals surface area contributed by atoms with Gasteiger partial charge in [-0.25, -0.2) is 0 Å². The Balaban J connectivity index is 1.53. The Morgan fingerprint density at radius 3 is 2.61 bits per heavy atom. The molecule has 0 unspecified atom stereocenters. The van der Waals surface area contributed by atoms with Gasteiger partial charge in [-0.1, -0.05) is 17.7 Å². The van der Waals surface area contributed by atoms with Crippen LogP contribution in [0.3, 0.4) is 0 Å². The van der Waals surface area contributed by atoms with Gasteiger partial charge >= 0.3 is 0 Å². The number of carbonyl (C=O) groups excluding carboxylic acids is 1. The van der Waals surface area contributed by atoms with E-state index in [9.17, 15) is 14.9 Å². The average Bonchev–Trinajstić information content (AvgIpc) is 3.81. The summed E-state index contributed by atoms with van der Waals surface area (Å²) < 4.78 is 7.55. The fourth-order valence-electron chi connectivity index (χ4n) is 4.30. The summed E-state index contributed by atoms with van der Waals surface area (Å²) in [6, 6.07) is 16.5. The summed E-state index contributed by atoms with van der Waals surface area (Å²) in [5, 5.41) is 21.8. The lowest BCUT2D eigenvalue weighted by molar-refractivity contribution is 0.0944. The van der Waals surface area contributed by atoms with Crippen molar-refractivity contribution in [2.24, 2.45) is 0 Å². The lowest BCUT2D eigenvalue weighted by atomic mass is 9.98. The molecule has 0 spiro atoms. The smallest absolute Gasteiger partial charge is 0.299 e. The van der Waals surface area contributed by atoms with Gasteiger partial charge in [0, 0.05) is 50.9 Å². The topological polar surface area (TPSA) is 118 Å². The van der Waals surface area contributed by atoms with Crippen LogP contribution in [0.25, 0.3) is 22.4 Å². The first-order valence-corrected chi connectivity index (χ1v) is 15.1. The highest BCUT2D eigenvalue weighted by Crippen LogP contribution is 2.36. The van der Waals surface area contributed by atoms with Crippen LogP contribution in [-0.2, 0) is 13.1 Å². The highest BCUT2D eigenvalue weighted by molar-refractivity contribution is 7.16. The van der Waals surface area contributed by atoms with Crippen molar-refractivity contribution in [1.29, 1.82) is 5.26 Å². The molecule has 6 heterocycles. The Hall–Kier alpha value is -4.41. The van der Waals surface area contributed by atoms with Crippen molar-refractivity contribution in [3.8, 4) is 28.5 Å². The molecular formula is C28H18ClN7O2S3. The van der Waals surface area contributed by atoms with Gasteiger partial charge in [-0.3, -0.25) is 14.6 Å². The average molecular weight is 616 g/mol. The Kier molecular flexibility index (Phi) is 7.58. The van der Waals surface area contributed by atoms with Crippen molar-refractivity contribution in [2.75, 3.05) is 5.32 Å². The van der Waals surface area contributed by atoms with E-state index in [1.807, 2.05) is 35.7 Å². The highest BCUT2D eigenvalue weighted by Gasteiger charge is 2.27. The van der Waals surface area contributed by atoms with E-state index in [2.05, 4.69) is 25.8 Å². The van der Waals surface area contributed by atoms with Gasteiger partial charge < -0.3 is 9.88 Å². The van der Waals surface area contributed by atoms with Crippen molar-refractivity contribution < 1.29 is 4.79 Å². The van der Waals surface area contributed by atoms with Gasteiger partial charge in [-0.2, -0.15) is 19.4 Å². The van der Waals surface area contributed by atoms with Crippen LogP contribution in [-0.4, -0.2) is 29.6 Å². The molecule has 202 valence electrons. The first kappa shape index (κ1) is 26.8. The molecule has 0 amide bonds. The second-order valence-corrected chi connectivity index (χ2v) is 12.2. The maximum atomic E-state index is 13.5. The van der Waals surface area contributed by atoms with Crippen molar-refractivity contribution in [1.82, 2.24) is 23.7 Å². The number of aromatic nitrogens is 5. The monoisotopic (exact) mass is 615 g/mol. The summed E-state index contributed by atoms with van der Waals surface area (Å²) in [4.78, 5) is 33.0. The highest BCUT2D eigenvalue weighted by atomic mass is 35.5. The second-order valence-electron chi connectivity index (χ2n) is 8.73. The molecule has 0 aliphatic heterocycles. The van der Waals surface area contributed by atoms with Gasteiger partial charge in [0.1, 0.15) is 23.0 Å². The van der Waals surface area contributed by atoms with E-state index in [0.717, 1.165) is 31.5 Å². The van der Waals surface area contributed by atoms with E-state index in [1.165, 1.54) is 17.4 Å².